The Labute approximate surface area is 200 Å². The smallest absolute Gasteiger partial charge is 0.340 e. The largest absolute Gasteiger partial charge is 0.462 e. The molecule has 0 aliphatic carbocycles. The van der Waals surface area contributed by atoms with Crippen molar-refractivity contribution in [2.24, 2.45) is 5.73 Å². The van der Waals surface area contributed by atoms with Gasteiger partial charge in [-0.2, -0.15) is 0 Å². The number of benzene rings is 2. The number of nitrogens with one attached hydrogen (secondary N) is 2. The first-order valence-corrected chi connectivity index (χ1v) is 10.9. The molecule has 0 spiro atoms. The molecule has 1 heterocycles. The molecule has 0 saturated carbocycles. The fourth-order valence-electron chi connectivity index (χ4n) is 3.18. The van der Waals surface area contributed by atoms with Crippen molar-refractivity contribution in [2.45, 2.75) is 17.1 Å². The SMILES string of the molecule is CCOC(=O)c1cc2c(cc1CCN)Nc1c(cc(NC)cc1C(=O)OCC(Cl)(Cl)Cl)O2. The fourth-order valence-corrected chi connectivity index (χ4v) is 3.34. The standard InChI is InChI=1S/C21H22Cl3N3O5/c1-3-30-19(28)13-9-16-15(6-11(13)4-5-25)27-18-14(20(29)31-10-21(22,23)24)7-12(26-2)8-17(18)32-16/h6-9,26-27H,3-5,10,25H2,1-2H3. The number of carbonyl (C=O) groups is 2. The van der Waals surface area contributed by atoms with Gasteiger partial charge in [0, 0.05) is 18.8 Å². The second-order valence-corrected chi connectivity index (χ2v) is 9.35. The lowest BCUT2D eigenvalue weighted by Crippen LogP contribution is -2.19. The van der Waals surface area contributed by atoms with Gasteiger partial charge in [0.1, 0.15) is 6.61 Å². The van der Waals surface area contributed by atoms with Crippen LogP contribution in [0, 0.1) is 0 Å². The van der Waals surface area contributed by atoms with E-state index in [4.69, 9.17) is 54.7 Å². The number of ether oxygens (including phenoxy) is 3. The Morgan fingerprint density at radius 3 is 2.44 bits per heavy atom. The van der Waals surface area contributed by atoms with E-state index in [9.17, 15) is 9.59 Å². The van der Waals surface area contributed by atoms with Crippen molar-refractivity contribution in [3.8, 4) is 11.5 Å². The summed E-state index contributed by atoms with van der Waals surface area (Å²) in [6.45, 7) is 1.89. The average Bonchev–Trinajstić information content (AvgIpc) is 2.74. The molecule has 0 aromatic heterocycles. The number of hydrogen-bond donors (Lipinski definition) is 3. The third kappa shape index (κ3) is 5.50. The summed E-state index contributed by atoms with van der Waals surface area (Å²) in [5, 5.41) is 6.15. The number of carbonyl (C=O) groups excluding carboxylic acids is 2. The molecule has 1 aliphatic heterocycles. The number of hydrogen-bond acceptors (Lipinski definition) is 8. The Hall–Kier alpha value is -2.39. The maximum absolute atomic E-state index is 12.7. The predicted molar refractivity (Wildman–Crippen MR) is 125 cm³/mol. The fraction of sp³-hybridized carbons (Fsp3) is 0.333. The molecule has 172 valence electrons. The minimum absolute atomic E-state index is 0.182. The zero-order valence-electron chi connectivity index (χ0n) is 17.4. The molecule has 0 atom stereocenters. The molecule has 0 unspecified atom stereocenters. The molecule has 32 heavy (non-hydrogen) atoms. The van der Waals surface area contributed by atoms with Gasteiger partial charge in [0.25, 0.3) is 0 Å². The van der Waals surface area contributed by atoms with Crippen molar-refractivity contribution >= 4 is 63.8 Å². The highest BCUT2D eigenvalue weighted by Gasteiger charge is 2.29. The molecule has 8 nitrogen and oxygen atoms in total. The maximum atomic E-state index is 12.7. The van der Waals surface area contributed by atoms with Gasteiger partial charge in [-0.15, -0.1) is 0 Å². The summed E-state index contributed by atoms with van der Waals surface area (Å²) < 4.78 is 14.6. The van der Waals surface area contributed by atoms with Crippen LogP contribution in [0.25, 0.3) is 0 Å². The molecular weight excluding hydrogens is 481 g/mol. The summed E-state index contributed by atoms with van der Waals surface area (Å²) in [6, 6.07) is 6.64. The summed E-state index contributed by atoms with van der Waals surface area (Å²) >= 11 is 17.1. The van der Waals surface area contributed by atoms with E-state index in [-0.39, 0.29) is 12.2 Å². The lowest BCUT2D eigenvalue weighted by Gasteiger charge is -2.26. The quantitative estimate of drug-likeness (QED) is 0.312. The minimum atomic E-state index is -1.74. The molecule has 0 bridgehead atoms. The average molecular weight is 503 g/mol. The van der Waals surface area contributed by atoms with Gasteiger partial charge in [0.15, 0.2) is 11.5 Å². The molecule has 0 amide bonds. The zero-order valence-corrected chi connectivity index (χ0v) is 19.7. The van der Waals surface area contributed by atoms with Gasteiger partial charge in [-0.3, -0.25) is 0 Å². The first-order chi connectivity index (χ1) is 15.2. The second kappa shape index (κ2) is 10.0. The first-order valence-electron chi connectivity index (χ1n) is 9.75. The van der Waals surface area contributed by atoms with Crippen LogP contribution in [-0.4, -0.2) is 42.5 Å². The van der Waals surface area contributed by atoms with Crippen molar-refractivity contribution in [2.75, 3.05) is 37.4 Å². The van der Waals surface area contributed by atoms with E-state index >= 15 is 0 Å². The number of rotatable bonds is 7. The number of esters is 2. The third-order valence-corrected chi connectivity index (χ3v) is 4.90. The van der Waals surface area contributed by atoms with E-state index in [0.717, 1.165) is 0 Å². The number of alkyl halides is 3. The number of halogens is 3. The van der Waals surface area contributed by atoms with Crippen LogP contribution in [-0.2, 0) is 15.9 Å². The van der Waals surface area contributed by atoms with Crippen LogP contribution in [0.2, 0.25) is 0 Å². The van der Waals surface area contributed by atoms with E-state index in [1.54, 1.807) is 38.2 Å². The minimum Gasteiger partial charge on any atom is -0.462 e. The molecule has 0 saturated heterocycles. The van der Waals surface area contributed by atoms with Crippen molar-refractivity contribution in [1.82, 2.24) is 0 Å². The summed E-state index contributed by atoms with van der Waals surface area (Å²) in [5.41, 5.74) is 8.50. The van der Waals surface area contributed by atoms with Crippen molar-refractivity contribution in [3.63, 3.8) is 0 Å². The van der Waals surface area contributed by atoms with Crippen LogP contribution in [0.1, 0.15) is 33.2 Å². The highest BCUT2D eigenvalue weighted by Crippen LogP contribution is 2.46. The van der Waals surface area contributed by atoms with Crippen LogP contribution in [0.4, 0.5) is 17.1 Å². The van der Waals surface area contributed by atoms with Gasteiger partial charge in [0.05, 0.1) is 29.1 Å². The van der Waals surface area contributed by atoms with Crippen LogP contribution >= 0.6 is 34.8 Å². The Kier molecular flexibility index (Phi) is 7.61. The third-order valence-electron chi connectivity index (χ3n) is 4.57. The molecular formula is C21H22Cl3N3O5. The number of nitrogens with two attached hydrogens (primary N) is 1. The highest BCUT2D eigenvalue weighted by molar-refractivity contribution is 6.67. The summed E-state index contributed by atoms with van der Waals surface area (Å²) in [6.07, 6.45) is 0.451. The van der Waals surface area contributed by atoms with Crippen LogP contribution in [0.3, 0.4) is 0 Å². The zero-order chi connectivity index (χ0) is 23.5. The van der Waals surface area contributed by atoms with Crippen LogP contribution in [0.5, 0.6) is 11.5 Å². The summed E-state index contributed by atoms with van der Waals surface area (Å²) in [5.74, 6) is -0.413. The molecule has 2 aromatic rings. The molecule has 0 radical (unpaired) electrons. The van der Waals surface area contributed by atoms with Gasteiger partial charge in [-0.05, 0) is 43.7 Å². The molecule has 11 heteroatoms. The van der Waals surface area contributed by atoms with E-state index in [1.807, 2.05) is 0 Å². The number of anilines is 3. The van der Waals surface area contributed by atoms with Gasteiger partial charge in [-0.25, -0.2) is 9.59 Å². The predicted octanol–water partition coefficient (Wildman–Crippen LogP) is 4.78. The second-order valence-electron chi connectivity index (χ2n) is 6.83. The van der Waals surface area contributed by atoms with Crippen LogP contribution in [0.15, 0.2) is 24.3 Å². The molecule has 0 fully saturated rings. The van der Waals surface area contributed by atoms with Gasteiger partial charge in [0.2, 0.25) is 3.79 Å². The Balaban J connectivity index is 2.02. The van der Waals surface area contributed by atoms with Gasteiger partial charge >= 0.3 is 11.9 Å². The molecule has 2 aromatic carbocycles. The topological polar surface area (TPSA) is 112 Å². The maximum Gasteiger partial charge on any atom is 0.340 e. The number of fused-ring (bicyclic) bond motifs is 2. The van der Waals surface area contributed by atoms with E-state index in [2.05, 4.69) is 10.6 Å². The van der Waals surface area contributed by atoms with Crippen molar-refractivity contribution in [3.05, 3.63) is 41.0 Å². The Bertz CT molecular complexity index is 1040. The van der Waals surface area contributed by atoms with Crippen molar-refractivity contribution < 1.29 is 23.8 Å². The van der Waals surface area contributed by atoms with Crippen molar-refractivity contribution in [1.29, 1.82) is 0 Å². The van der Waals surface area contributed by atoms with Gasteiger partial charge in [-0.1, -0.05) is 34.8 Å². The van der Waals surface area contributed by atoms with E-state index in [1.165, 1.54) is 0 Å². The Morgan fingerprint density at radius 2 is 1.81 bits per heavy atom. The molecule has 4 N–H and O–H groups in total. The first kappa shape index (κ1) is 24.3. The lowest BCUT2D eigenvalue weighted by atomic mass is 10.0. The summed E-state index contributed by atoms with van der Waals surface area (Å²) in [4.78, 5) is 25.2. The van der Waals surface area contributed by atoms with E-state index < -0.39 is 22.3 Å². The lowest BCUT2D eigenvalue weighted by molar-refractivity contribution is 0.0508. The van der Waals surface area contributed by atoms with Crippen LogP contribution < -0.4 is 21.1 Å². The Morgan fingerprint density at radius 1 is 1.09 bits per heavy atom. The normalized spacial score (nSPS) is 12.1. The highest BCUT2D eigenvalue weighted by atomic mass is 35.6. The van der Waals surface area contributed by atoms with E-state index in [0.29, 0.717) is 52.7 Å². The molecule has 3 rings (SSSR count). The van der Waals surface area contributed by atoms with Gasteiger partial charge < -0.3 is 30.6 Å². The molecule has 1 aliphatic rings. The monoisotopic (exact) mass is 501 g/mol. The summed E-state index contributed by atoms with van der Waals surface area (Å²) in [7, 11) is 1.69.